The van der Waals surface area contributed by atoms with Crippen molar-refractivity contribution in [1.82, 2.24) is 14.5 Å². The summed E-state index contributed by atoms with van der Waals surface area (Å²) in [5, 5.41) is 2.42. The molecule has 0 unspecified atom stereocenters. The van der Waals surface area contributed by atoms with E-state index in [1.54, 1.807) is 6.20 Å². The van der Waals surface area contributed by atoms with Crippen LogP contribution in [0.3, 0.4) is 0 Å². The first kappa shape index (κ1) is 22.1. The summed E-state index contributed by atoms with van der Waals surface area (Å²) in [5.74, 6) is 2.26. The molecule has 0 aliphatic carbocycles. The smallest absolute Gasteiger partial charge is 0.219 e. The van der Waals surface area contributed by atoms with E-state index in [0.717, 1.165) is 33.7 Å². The highest BCUT2D eigenvalue weighted by molar-refractivity contribution is 6.10. The van der Waals surface area contributed by atoms with Crippen LogP contribution in [-0.2, 0) is 5.41 Å². The molecule has 0 fully saturated rings. The fourth-order valence-corrected chi connectivity index (χ4v) is 4.67. The Kier molecular flexibility index (Phi) is 5.30. The van der Waals surface area contributed by atoms with Gasteiger partial charge in [0.05, 0.1) is 11.0 Å². The summed E-state index contributed by atoms with van der Waals surface area (Å²) >= 11 is 0. The van der Waals surface area contributed by atoms with Crippen LogP contribution < -0.4 is 4.74 Å². The number of benzene rings is 3. The third-order valence-electron chi connectivity index (χ3n) is 6.54. The molecule has 4 nitrogen and oxygen atoms in total. The minimum atomic E-state index is 0.0374. The van der Waals surface area contributed by atoms with Crippen LogP contribution >= 0.6 is 0 Å². The molecule has 0 amide bonds. The number of aromatic nitrogens is 3. The average molecular weight is 470 g/mol. The van der Waals surface area contributed by atoms with Crippen molar-refractivity contribution in [3.05, 3.63) is 115 Å². The van der Waals surface area contributed by atoms with Crippen LogP contribution in [0.15, 0.2) is 109 Å². The zero-order valence-electron chi connectivity index (χ0n) is 20.6. The number of nitrogens with zero attached hydrogens (tertiary/aromatic N) is 3. The van der Waals surface area contributed by atoms with Crippen molar-refractivity contribution in [3.8, 4) is 28.6 Å². The maximum Gasteiger partial charge on any atom is 0.219 e. The van der Waals surface area contributed by atoms with Gasteiger partial charge in [0.15, 0.2) is 0 Å². The Bertz CT molecular complexity index is 1690. The zero-order valence-corrected chi connectivity index (χ0v) is 20.6. The van der Waals surface area contributed by atoms with Crippen molar-refractivity contribution in [2.24, 2.45) is 0 Å². The molecule has 176 valence electrons. The largest absolute Gasteiger partial charge is 0.439 e. The van der Waals surface area contributed by atoms with Gasteiger partial charge in [-0.2, -0.15) is 0 Å². The molecular formula is C32H27N3O. The normalized spacial score (nSPS) is 11.8. The van der Waals surface area contributed by atoms with Gasteiger partial charge in [0.1, 0.15) is 11.6 Å². The summed E-state index contributed by atoms with van der Waals surface area (Å²) in [6.07, 6.45) is 3.65. The van der Waals surface area contributed by atoms with Crippen molar-refractivity contribution in [1.29, 1.82) is 0 Å². The number of hydrogen-bond acceptors (Lipinski definition) is 3. The Labute approximate surface area is 210 Å². The quantitative estimate of drug-likeness (QED) is 0.260. The number of ether oxygens (including phenoxy) is 1. The van der Waals surface area contributed by atoms with E-state index in [1.165, 1.54) is 16.3 Å². The Morgan fingerprint density at radius 3 is 2.28 bits per heavy atom. The van der Waals surface area contributed by atoms with Crippen molar-refractivity contribution in [2.75, 3.05) is 0 Å². The molecule has 3 aromatic heterocycles. The van der Waals surface area contributed by atoms with Gasteiger partial charge >= 0.3 is 0 Å². The molecule has 0 bridgehead atoms. The maximum absolute atomic E-state index is 5.99. The summed E-state index contributed by atoms with van der Waals surface area (Å²) in [4.78, 5) is 9.07. The van der Waals surface area contributed by atoms with E-state index < -0.39 is 0 Å². The third kappa shape index (κ3) is 4.01. The second-order valence-corrected chi connectivity index (χ2v) is 10.0. The second kappa shape index (κ2) is 8.65. The van der Waals surface area contributed by atoms with Crippen LogP contribution in [0.5, 0.6) is 11.6 Å². The number of hydrogen-bond donors (Lipinski definition) is 0. The SMILES string of the molecule is CC(C)(C)c1ccnc(-n2c3ccccc3c3ccc(-c4cccc(Oc5ccccn5)c4)cc32)c1. The lowest BCUT2D eigenvalue weighted by atomic mass is 9.88. The highest BCUT2D eigenvalue weighted by Gasteiger charge is 2.18. The lowest BCUT2D eigenvalue weighted by molar-refractivity contribution is 0.463. The fourth-order valence-electron chi connectivity index (χ4n) is 4.67. The fraction of sp³-hybridized carbons (Fsp3) is 0.125. The molecular weight excluding hydrogens is 442 g/mol. The van der Waals surface area contributed by atoms with E-state index in [9.17, 15) is 0 Å². The van der Waals surface area contributed by atoms with Gasteiger partial charge in [-0.15, -0.1) is 0 Å². The number of para-hydroxylation sites is 1. The molecule has 0 N–H and O–H groups in total. The topological polar surface area (TPSA) is 39.9 Å². The summed E-state index contributed by atoms with van der Waals surface area (Å²) in [7, 11) is 0. The van der Waals surface area contributed by atoms with Gasteiger partial charge in [-0.3, -0.25) is 4.57 Å². The lowest BCUT2D eigenvalue weighted by Crippen LogP contribution is -2.12. The maximum atomic E-state index is 5.99. The first-order valence-corrected chi connectivity index (χ1v) is 12.2. The molecule has 3 heterocycles. The number of fused-ring (bicyclic) bond motifs is 3. The molecule has 3 aromatic carbocycles. The first-order valence-electron chi connectivity index (χ1n) is 12.2. The summed E-state index contributed by atoms with van der Waals surface area (Å²) in [6, 6.07) is 33.3. The molecule has 0 saturated heterocycles. The Morgan fingerprint density at radius 2 is 1.44 bits per heavy atom. The highest BCUT2D eigenvalue weighted by Crippen LogP contribution is 2.36. The number of pyridine rings is 2. The zero-order chi connectivity index (χ0) is 24.7. The van der Waals surface area contributed by atoms with Gasteiger partial charge in [-0.1, -0.05) is 69.3 Å². The van der Waals surface area contributed by atoms with Crippen LogP contribution in [0.4, 0.5) is 0 Å². The van der Waals surface area contributed by atoms with Gasteiger partial charge in [0.25, 0.3) is 0 Å². The van der Waals surface area contributed by atoms with Crippen molar-refractivity contribution in [2.45, 2.75) is 26.2 Å². The van der Waals surface area contributed by atoms with Gasteiger partial charge in [0, 0.05) is 29.2 Å². The van der Waals surface area contributed by atoms with Crippen LogP contribution in [0, 0.1) is 0 Å². The van der Waals surface area contributed by atoms with Crippen LogP contribution in [0.2, 0.25) is 0 Å². The molecule has 0 saturated carbocycles. The Hall–Kier alpha value is -4.44. The van der Waals surface area contributed by atoms with Crippen LogP contribution in [0.25, 0.3) is 38.8 Å². The monoisotopic (exact) mass is 469 g/mol. The van der Waals surface area contributed by atoms with E-state index >= 15 is 0 Å². The first-order chi connectivity index (χ1) is 17.5. The third-order valence-corrected chi connectivity index (χ3v) is 6.54. The lowest BCUT2D eigenvalue weighted by Gasteiger charge is -2.20. The standard InChI is InChI=1S/C32H27N3O/c1-32(2,3)24-16-18-33-30(21-24)35-28-12-5-4-11-26(28)27-15-14-23(20-29(27)35)22-9-8-10-25(19-22)36-31-13-6-7-17-34-31/h4-21H,1-3H3. The molecule has 0 spiro atoms. The second-order valence-electron chi connectivity index (χ2n) is 10.0. The van der Waals surface area contributed by atoms with Crippen molar-refractivity contribution >= 4 is 21.8 Å². The predicted octanol–water partition coefficient (Wildman–Crippen LogP) is 8.33. The molecule has 4 heteroatoms. The van der Waals surface area contributed by atoms with Crippen molar-refractivity contribution in [3.63, 3.8) is 0 Å². The molecule has 0 aliphatic rings. The molecule has 0 aliphatic heterocycles. The minimum absolute atomic E-state index is 0.0374. The van der Waals surface area contributed by atoms with Crippen LogP contribution in [0.1, 0.15) is 26.3 Å². The molecule has 0 radical (unpaired) electrons. The highest BCUT2D eigenvalue weighted by atomic mass is 16.5. The molecule has 0 atom stereocenters. The van der Waals surface area contributed by atoms with E-state index in [4.69, 9.17) is 9.72 Å². The summed E-state index contributed by atoms with van der Waals surface area (Å²) < 4.78 is 8.26. The van der Waals surface area contributed by atoms with E-state index in [1.807, 2.05) is 36.5 Å². The minimum Gasteiger partial charge on any atom is -0.439 e. The average Bonchev–Trinajstić information content (AvgIpc) is 3.23. The summed E-state index contributed by atoms with van der Waals surface area (Å²) in [6.45, 7) is 6.70. The van der Waals surface area contributed by atoms with Gasteiger partial charge < -0.3 is 4.74 Å². The van der Waals surface area contributed by atoms with Gasteiger partial charge in [-0.25, -0.2) is 9.97 Å². The Morgan fingerprint density at radius 1 is 0.639 bits per heavy atom. The van der Waals surface area contributed by atoms with Gasteiger partial charge in [0.2, 0.25) is 5.88 Å². The van der Waals surface area contributed by atoms with E-state index in [-0.39, 0.29) is 5.41 Å². The molecule has 6 rings (SSSR count). The number of rotatable bonds is 4. The van der Waals surface area contributed by atoms with Gasteiger partial charge in [-0.05, 0) is 64.6 Å². The van der Waals surface area contributed by atoms with Crippen molar-refractivity contribution < 1.29 is 4.74 Å². The Balaban J connectivity index is 1.51. The predicted molar refractivity (Wildman–Crippen MR) is 147 cm³/mol. The van der Waals surface area contributed by atoms with Crippen LogP contribution in [-0.4, -0.2) is 14.5 Å². The summed E-state index contributed by atoms with van der Waals surface area (Å²) in [5.41, 5.74) is 5.77. The van der Waals surface area contributed by atoms with E-state index in [2.05, 4.69) is 97.1 Å². The molecule has 6 aromatic rings. The van der Waals surface area contributed by atoms with E-state index in [0.29, 0.717) is 5.88 Å². The molecule has 36 heavy (non-hydrogen) atoms.